The Bertz CT molecular complexity index is 316. The van der Waals surface area contributed by atoms with Crippen molar-refractivity contribution in [2.24, 2.45) is 0 Å². The molecule has 2 N–H and O–H groups in total. The average molecular weight is 227 g/mol. The van der Waals surface area contributed by atoms with Crippen LogP contribution in [-0.4, -0.2) is 32.5 Å². The van der Waals surface area contributed by atoms with Gasteiger partial charge < -0.3 is 10.2 Å². The Hall–Kier alpha value is -1.07. The lowest BCUT2D eigenvalue weighted by atomic mass is 10.2. The molecule has 0 radical (unpaired) electrons. The van der Waals surface area contributed by atoms with Gasteiger partial charge in [-0.2, -0.15) is 0 Å². The smallest absolute Gasteiger partial charge is 0.317 e. The molecule has 2 atom stereocenters. The molecule has 0 aliphatic rings. The first kappa shape index (κ1) is 12.0. The Balaban J connectivity index is 2.63. The standard InChI is InChI=1S/C10H13NO3S/c1-7(12)6-8(10(13)14)15-9-4-2-3-5-11-9/h2-5,7-8,12H,6H2,1H3,(H,13,14)/t7-,8-/m0/s1. The summed E-state index contributed by atoms with van der Waals surface area (Å²) in [5, 5.41) is 18.1. The second kappa shape index (κ2) is 5.72. The van der Waals surface area contributed by atoms with E-state index in [9.17, 15) is 4.79 Å². The molecule has 0 saturated heterocycles. The summed E-state index contributed by atoms with van der Waals surface area (Å²) in [6.45, 7) is 1.58. The van der Waals surface area contributed by atoms with Gasteiger partial charge in [-0.25, -0.2) is 4.98 Å². The summed E-state index contributed by atoms with van der Waals surface area (Å²) < 4.78 is 0. The van der Waals surface area contributed by atoms with Crippen molar-refractivity contribution in [1.29, 1.82) is 0 Å². The van der Waals surface area contributed by atoms with Crippen LogP contribution in [0.2, 0.25) is 0 Å². The topological polar surface area (TPSA) is 70.4 Å². The van der Waals surface area contributed by atoms with Crippen molar-refractivity contribution < 1.29 is 15.0 Å². The van der Waals surface area contributed by atoms with Crippen molar-refractivity contribution in [3.05, 3.63) is 24.4 Å². The summed E-state index contributed by atoms with van der Waals surface area (Å²) in [4.78, 5) is 14.9. The van der Waals surface area contributed by atoms with Crippen LogP contribution in [0.5, 0.6) is 0 Å². The number of aromatic nitrogens is 1. The summed E-state index contributed by atoms with van der Waals surface area (Å²) in [5.41, 5.74) is 0. The number of nitrogens with zero attached hydrogens (tertiary/aromatic N) is 1. The number of thioether (sulfide) groups is 1. The molecule has 0 aliphatic carbocycles. The fourth-order valence-electron chi connectivity index (χ4n) is 1.07. The van der Waals surface area contributed by atoms with Crippen LogP contribution in [-0.2, 0) is 4.79 Å². The predicted molar refractivity (Wildman–Crippen MR) is 57.8 cm³/mol. The lowest BCUT2D eigenvalue weighted by molar-refractivity contribution is -0.136. The third kappa shape index (κ3) is 4.31. The first-order valence-electron chi connectivity index (χ1n) is 4.58. The molecular formula is C10H13NO3S. The normalized spacial score (nSPS) is 14.5. The van der Waals surface area contributed by atoms with Crippen molar-refractivity contribution in [2.45, 2.75) is 29.7 Å². The zero-order chi connectivity index (χ0) is 11.3. The molecule has 4 nitrogen and oxygen atoms in total. The Kier molecular flexibility index (Phi) is 4.58. The number of aliphatic hydroxyl groups excluding tert-OH is 1. The van der Waals surface area contributed by atoms with Gasteiger partial charge in [-0.1, -0.05) is 17.8 Å². The van der Waals surface area contributed by atoms with Gasteiger partial charge in [0.2, 0.25) is 0 Å². The number of carboxylic acids is 1. The summed E-state index contributed by atoms with van der Waals surface area (Å²) in [6, 6.07) is 5.33. The van der Waals surface area contributed by atoms with Crippen LogP contribution in [0.3, 0.4) is 0 Å². The Morgan fingerprint density at radius 1 is 1.60 bits per heavy atom. The van der Waals surface area contributed by atoms with Crippen LogP contribution in [0.1, 0.15) is 13.3 Å². The minimum Gasteiger partial charge on any atom is -0.480 e. The Morgan fingerprint density at radius 3 is 2.80 bits per heavy atom. The highest BCUT2D eigenvalue weighted by atomic mass is 32.2. The van der Waals surface area contributed by atoms with E-state index in [1.807, 2.05) is 0 Å². The van der Waals surface area contributed by atoms with Gasteiger partial charge in [-0.15, -0.1) is 0 Å². The molecule has 82 valence electrons. The van der Waals surface area contributed by atoms with Crippen molar-refractivity contribution in [2.75, 3.05) is 0 Å². The van der Waals surface area contributed by atoms with Gasteiger partial charge in [-0.3, -0.25) is 4.79 Å². The first-order valence-corrected chi connectivity index (χ1v) is 5.46. The van der Waals surface area contributed by atoms with E-state index >= 15 is 0 Å². The van der Waals surface area contributed by atoms with Crippen LogP contribution >= 0.6 is 11.8 Å². The number of carboxylic acid groups (broad SMARTS) is 1. The molecule has 15 heavy (non-hydrogen) atoms. The SMILES string of the molecule is C[C@H](O)C[C@H](Sc1ccccn1)C(=O)O. The summed E-state index contributed by atoms with van der Waals surface area (Å²) in [7, 11) is 0. The number of carbonyl (C=O) groups is 1. The molecule has 0 spiro atoms. The van der Waals surface area contributed by atoms with E-state index < -0.39 is 17.3 Å². The van der Waals surface area contributed by atoms with Gasteiger partial charge >= 0.3 is 5.97 Å². The summed E-state index contributed by atoms with van der Waals surface area (Å²) in [5.74, 6) is -0.924. The Labute approximate surface area is 92.3 Å². The zero-order valence-corrected chi connectivity index (χ0v) is 9.15. The van der Waals surface area contributed by atoms with Gasteiger partial charge in [-0.05, 0) is 25.5 Å². The number of aliphatic carboxylic acids is 1. The van der Waals surface area contributed by atoms with E-state index in [0.29, 0.717) is 5.03 Å². The second-order valence-electron chi connectivity index (χ2n) is 3.20. The van der Waals surface area contributed by atoms with E-state index in [1.54, 1.807) is 31.3 Å². The minimum atomic E-state index is -0.924. The maximum atomic E-state index is 10.9. The molecule has 0 unspecified atom stereocenters. The highest BCUT2D eigenvalue weighted by Gasteiger charge is 2.21. The van der Waals surface area contributed by atoms with Crippen molar-refractivity contribution in [1.82, 2.24) is 4.98 Å². The summed E-state index contributed by atoms with van der Waals surface area (Å²) >= 11 is 1.15. The lowest BCUT2D eigenvalue weighted by Gasteiger charge is -2.12. The third-order valence-corrected chi connectivity index (χ3v) is 2.89. The number of rotatable bonds is 5. The number of pyridine rings is 1. The van der Waals surface area contributed by atoms with Gasteiger partial charge in [0.25, 0.3) is 0 Å². The maximum absolute atomic E-state index is 10.9. The van der Waals surface area contributed by atoms with Gasteiger partial charge in [0.15, 0.2) is 0 Å². The fourth-order valence-corrected chi connectivity index (χ4v) is 2.12. The highest BCUT2D eigenvalue weighted by Crippen LogP contribution is 2.24. The fraction of sp³-hybridized carbons (Fsp3) is 0.400. The van der Waals surface area contributed by atoms with E-state index in [0.717, 1.165) is 11.8 Å². The monoisotopic (exact) mass is 227 g/mol. The maximum Gasteiger partial charge on any atom is 0.317 e. The molecule has 0 saturated carbocycles. The molecular weight excluding hydrogens is 214 g/mol. The number of aliphatic hydroxyl groups is 1. The molecule has 5 heteroatoms. The third-order valence-electron chi connectivity index (χ3n) is 1.73. The quantitative estimate of drug-likeness (QED) is 0.744. The average Bonchev–Trinajstić information content (AvgIpc) is 2.17. The van der Waals surface area contributed by atoms with Crippen LogP contribution in [0.4, 0.5) is 0 Å². The van der Waals surface area contributed by atoms with E-state index in [4.69, 9.17) is 10.2 Å². The number of hydrogen-bond acceptors (Lipinski definition) is 4. The van der Waals surface area contributed by atoms with E-state index in [-0.39, 0.29) is 6.42 Å². The first-order chi connectivity index (χ1) is 7.09. The second-order valence-corrected chi connectivity index (χ2v) is 4.42. The zero-order valence-electron chi connectivity index (χ0n) is 8.33. The highest BCUT2D eigenvalue weighted by molar-refractivity contribution is 8.00. The molecule has 0 fully saturated rings. The largest absolute Gasteiger partial charge is 0.480 e. The molecule has 1 heterocycles. The van der Waals surface area contributed by atoms with E-state index in [2.05, 4.69) is 4.98 Å². The predicted octanol–water partition coefficient (Wildman–Crippen LogP) is 1.40. The number of hydrogen-bond donors (Lipinski definition) is 2. The Morgan fingerprint density at radius 2 is 2.33 bits per heavy atom. The van der Waals surface area contributed by atoms with Gasteiger partial charge in [0.1, 0.15) is 5.25 Å². The van der Waals surface area contributed by atoms with E-state index in [1.165, 1.54) is 0 Å². The molecule has 1 rings (SSSR count). The van der Waals surface area contributed by atoms with Crippen LogP contribution < -0.4 is 0 Å². The molecule has 1 aromatic heterocycles. The van der Waals surface area contributed by atoms with Gasteiger partial charge in [0.05, 0.1) is 11.1 Å². The van der Waals surface area contributed by atoms with Crippen molar-refractivity contribution in [3.8, 4) is 0 Å². The van der Waals surface area contributed by atoms with Crippen LogP contribution in [0, 0.1) is 0 Å². The lowest BCUT2D eigenvalue weighted by Crippen LogP contribution is -2.21. The van der Waals surface area contributed by atoms with Crippen molar-refractivity contribution in [3.63, 3.8) is 0 Å². The molecule has 0 aromatic carbocycles. The van der Waals surface area contributed by atoms with Gasteiger partial charge in [0, 0.05) is 6.20 Å². The van der Waals surface area contributed by atoms with Crippen LogP contribution in [0.25, 0.3) is 0 Å². The molecule has 1 aromatic rings. The summed E-state index contributed by atoms with van der Waals surface area (Å²) in [6.07, 6.45) is 1.21. The van der Waals surface area contributed by atoms with Crippen molar-refractivity contribution >= 4 is 17.7 Å². The van der Waals surface area contributed by atoms with Crippen LogP contribution in [0.15, 0.2) is 29.4 Å². The molecule has 0 bridgehead atoms. The molecule has 0 aliphatic heterocycles. The minimum absolute atomic E-state index is 0.219. The molecule has 0 amide bonds.